The Labute approximate surface area is 561 Å². The van der Waals surface area contributed by atoms with Gasteiger partial charge in [0.2, 0.25) is 0 Å². The fourth-order valence-corrected chi connectivity index (χ4v) is 12.1. The lowest BCUT2D eigenvalue weighted by Crippen LogP contribution is -2.30. The van der Waals surface area contributed by atoms with Crippen molar-refractivity contribution in [3.63, 3.8) is 0 Å². The zero-order chi connectivity index (χ0) is 68.0. The van der Waals surface area contributed by atoms with Crippen LogP contribution in [0.2, 0.25) is 0 Å². The molecule has 542 valence electrons. The van der Waals surface area contributed by atoms with E-state index < -0.39 is 97.5 Å². The van der Waals surface area contributed by atoms with Gasteiger partial charge in [-0.3, -0.25) is 37.3 Å². The first-order valence-corrected chi connectivity index (χ1v) is 40.2. The van der Waals surface area contributed by atoms with Gasteiger partial charge >= 0.3 is 39.5 Å². The quantitative estimate of drug-likeness (QED) is 0.0169. The molecule has 0 rings (SSSR count). The van der Waals surface area contributed by atoms with Crippen LogP contribution < -0.4 is 0 Å². The lowest BCUT2D eigenvalue weighted by molar-refractivity contribution is -0.161. The zero-order valence-corrected chi connectivity index (χ0v) is 61.3. The summed E-state index contributed by atoms with van der Waals surface area (Å²) in [5, 5.41) is 10.6. The Hall–Kier alpha value is -2.46. The van der Waals surface area contributed by atoms with Crippen molar-refractivity contribution in [3.05, 3.63) is 24.3 Å². The summed E-state index contributed by atoms with van der Waals surface area (Å²) in [6.07, 6.45) is 50.8. The van der Waals surface area contributed by atoms with Crippen molar-refractivity contribution in [2.45, 2.75) is 362 Å². The summed E-state index contributed by atoms with van der Waals surface area (Å²) >= 11 is 0. The van der Waals surface area contributed by atoms with Gasteiger partial charge in [-0.2, -0.15) is 0 Å². The average molecular weight is 1350 g/mol. The molecule has 0 heterocycles. The van der Waals surface area contributed by atoms with E-state index in [0.717, 1.165) is 127 Å². The first-order chi connectivity index (χ1) is 44.3. The number of esters is 4. The molecule has 0 amide bonds. The topological polar surface area (TPSA) is 237 Å². The third-order valence-electron chi connectivity index (χ3n) is 16.6. The first-order valence-electron chi connectivity index (χ1n) is 37.2. The minimum atomic E-state index is -4.96. The highest BCUT2D eigenvalue weighted by Crippen LogP contribution is 2.45. The molecule has 17 nitrogen and oxygen atoms in total. The van der Waals surface area contributed by atoms with Gasteiger partial charge in [0, 0.05) is 25.7 Å². The zero-order valence-electron chi connectivity index (χ0n) is 59.5. The largest absolute Gasteiger partial charge is 0.472 e. The van der Waals surface area contributed by atoms with E-state index in [4.69, 9.17) is 37.0 Å². The highest BCUT2D eigenvalue weighted by molar-refractivity contribution is 7.47. The molecule has 0 saturated carbocycles. The molecule has 19 heteroatoms. The van der Waals surface area contributed by atoms with Crippen LogP contribution in [0, 0.1) is 17.8 Å². The van der Waals surface area contributed by atoms with Crippen molar-refractivity contribution in [1.82, 2.24) is 0 Å². The second-order valence-corrected chi connectivity index (χ2v) is 29.7. The smallest absolute Gasteiger partial charge is 0.462 e. The number of allylic oxidation sites excluding steroid dienone is 4. The van der Waals surface area contributed by atoms with Crippen molar-refractivity contribution in [2.75, 3.05) is 39.6 Å². The minimum Gasteiger partial charge on any atom is -0.462 e. The van der Waals surface area contributed by atoms with Gasteiger partial charge in [-0.05, 0) is 69.1 Å². The number of ether oxygens (including phenoxy) is 4. The number of hydrogen-bond acceptors (Lipinski definition) is 15. The van der Waals surface area contributed by atoms with E-state index in [0.29, 0.717) is 25.7 Å². The molecule has 6 atom stereocenters. The van der Waals surface area contributed by atoms with E-state index in [2.05, 4.69) is 72.8 Å². The number of unbranched alkanes of at least 4 members (excludes halogenated alkanes) is 33. The summed E-state index contributed by atoms with van der Waals surface area (Å²) in [4.78, 5) is 72.6. The Bertz CT molecular complexity index is 1900. The van der Waals surface area contributed by atoms with E-state index in [-0.39, 0.29) is 25.7 Å². The van der Waals surface area contributed by atoms with Crippen molar-refractivity contribution in [2.24, 2.45) is 17.8 Å². The van der Waals surface area contributed by atoms with E-state index in [1.54, 1.807) is 0 Å². The molecular formula is C73H138O17P2. The van der Waals surface area contributed by atoms with E-state index in [1.165, 1.54) is 135 Å². The minimum absolute atomic E-state index is 0.0845. The van der Waals surface area contributed by atoms with Crippen molar-refractivity contribution in [3.8, 4) is 0 Å². The van der Waals surface area contributed by atoms with Gasteiger partial charge in [0.1, 0.15) is 19.3 Å². The van der Waals surface area contributed by atoms with Gasteiger partial charge in [0.15, 0.2) is 12.2 Å². The van der Waals surface area contributed by atoms with Crippen LogP contribution in [0.15, 0.2) is 24.3 Å². The Morgan fingerprint density at radius 2 is 0.641 bits per heavy atom. The summed E-state index contributed by atoms with van der Waals surface area (Å²) in [6.45, 7) is 11.7. The van der Waals surface area contributed by atoms with E-state index in [9.17, 15) is 43.2 Å². The summed E-state index contributed by atoms with van der Waals surface area (Å²) < 4.78 is 68.3. The highest BCUT2D eigenvalue weighted by atomic mass is 31.2. The molecule has 92 heavy (non-hydrogen) atoms. The summed E-state index contributed by atoms with van der Waals surface area (Å²) in [5.41, 5.74) is 0. The summed E-state index contributed by atoms with van der Waals surface area (Å²) in [7, 11) is -9.92. The first kappa shape index (κ1) is 89.5. The number of carbonyl (C=O) groups excluding carboxylic acids is 4. The Morgan fingerprint density at radius 3 is 0.967 bits per heavy atom. The van der Waals surface area contributed by atoms with Gasteiger partial charge < -0.3 is 33.8 Å². The average Bonchev–Trinajstić information content (AvgIpc) is 1.67. The monoisotopic (exact) mass is 1350 g/mol. The normalized spacial score (nSPS) is 14.6. The Morgan fingerprint density at radius 1 is 0.359 bits per heavy atom. The van der Waals surface area contributed by atoms with Gasteiger partial charge in [-0.1, -0.05) is 291 Å². The Balaban J connectivity index is 5.30. The molecule has 0 aromatic carbocycles. The van der Waals surface area contributed by atoms with Crippen LogP contribution in [0.25, 0.3) is 0 Å². The SMILES string of the molecule is CCCCCC/C=C\C=C/CCCCCCCC(=O)O[C@H](COC(=O)CCCCCCCCCCCCCCC(C)C)COP(=O)(O)OC[C@@H](O)COP(=O)(O)OC[C@@H](COC(=O)CCCCCCCCC(C)CC)OC(=O)CCCCCCCCCCCC(C)C. The fourth-order valence-electron chi connectivity index (χ4n) is 10.5. The van der Waals surface area contributed by atoms with Crippen molar-refractivity contribution >= 4 is 39.5 Å². The second kappa shape index (κ2) is 63.3. The standard InChI is InChI=1S/C73H138O17P2/c1-8-10-11-12-13-14-15-16-17-18-23-28-33-42-49-56-72(77)89-68(60-83-70(75)54-47-40-32-27-22-20-19-21-25-30-37-44-51-64(3)4)62-87-91(79,80)85-58-67(74)59-86-92(81,82)88-63-69(61-84-71(76)55-48-41-36-35-39-46-53-66(7)9-2)90-73(78)57-50-43-34-29-24-26-31-38-45-52-65(5)6/h14-17,64-69,74H,8-13,18-63H2,1-7H3,(H,79,80)(H,81,82)/b15-14-,17-16-/t66?,67-,68-,69-/m1/s1. The number of phosphoric ester groups is 2. The van der Waals surface area contributed by atoms with Crippen LogP contribution >= 0.6 is 15.6 Å². The molecule has 0 spiro atoms. The molecule has 3 unspecified atom stereocenters. The third kappa shape index (κ3) is 64.9. The van der Waals surface area contributed by atoms with Crippen LogP contribution in [-0.4, -0.2) is 96.7 Å². The number of phosphoric acid groups is 2. The van der Waals surface area contributed by atoms with E-state index in [1.807, 2.05) is 0 Å². The molecule has 3 N–H and O–H groups in total. The lowest BCUT2D eigenvalue weighted by atomic mass is 10.00. The molecule has 0 bridgehead atoms. The van der Waals surface area contributed by atoms with Crippen LogP contribution in [0.5, 0.6) is 0 Å². The number of hydrogen-bond donors (Lipinski definition) is 3. The van der Waals surface area contributed by atoms with Gasteiger partial charge in [0.25, 0.3) is 0 Å². The molecule has 0 saturated heterocycles. The highest BCUT2D eigenvalue weighted by Gasteiger charge is 2.30. The Kier molecular flexibility index (Phi) is 61.6. The number of aliphatic hydroxyl groups excluding tert-OH is 1. The number of carbonyl (C=O) groups is 4. The van der Waals surface area contributed by atoms with Crippen LogP contribution in [0.4, 0.5) is 0 Å². The molecule has 0 fully saturated rings. The molecule has 0 aromatic rings. The maximum atomic E-state index is 13.0. The fraction of sp³-hybridized carbons (Fsp3) is 0.890. The predicted octanol–water partition coefficient (Wildman–Crippen LogP) is 20.6. The van der Waals surface area contributed by atoms with Crippen LogP contribution in [-0.2, 0) is 65.4 Å². The molecular weight excluding hydrogens is 1210 g/mol. The molecule has 0 aliphatic carbocycles. The van der Waals surface area contributed by atoms with Crippen LogP contribution in [0.3, 0.4) is 0 Å². The lowest BCUT2D eigenvalue weighted by Gasteiger charge is -2.21. The maximum Gasteiger partial charge on any atom is 0.472 e. The molecule has 0 radical (unpaired) electrons. The second-order valence-electron chi connectivity index (χ2n) is 26.8. The number of rotatable bonds is 69. The van der Waals surface area contributed by atoms with Gasteiger partial charge in [0.05, 0.1) is 26.4 Å². The molecule has 0 aliphatic heterocycles. The summed E-state index contributed by atoms with van der Waals surface area (Å²) in [5.74, 6) is 0.0891. The summed E-state index contributed by atoms with van der Waals surface area (Å²) in [6, 6.07) is 0. The van der Waals surface area contributed by atoms with Gasteiger partial charge in [-0.15, -0.1) is 0 Å². The molecule has 0 aromatic heterocycles. The van der Waals surface area contributed by atoms with Gasteiger partial charge in [-0.25, -0.2) is 9.13 Å². The van der Waals surface area contributed by atoms with E-state index >= 15 is 0 Å². The van der Waals surface area contributed by atoms with Crippen LogP contribution in [0.1, 0.15) is 344 Å². The predicted molar refractivity (Wildman–Crippen MR) is 372 cm³/mol. The number of aliphatic hydroxyl groups is 1. The van der Waals surface area contributed by atoms with Crippen molar-refractivity contribution in [1.29, 1.82) is 0 Å². The third-order valence-corrected chi connectivity index (χ3v) is 18.5. The maximum absolute atomic E-state index is 13.0. The van der Waals surface area contributed by atoms with Crippen molar-refractivity contribution < 1.29 is 80.2 Å². The molecule has 0 aliphatic rings.